The molecular formula is C23H30N2O3S. The third-order valence-electron chi connectivity index (χ3n) is 5.56. The van der Waals surface area contributed by atoms with Gasteiger partial charge in [0, 0.05) is 24.7 Å². The Kier molecular flexibility index (Phi) is 7.09. The molecule has 3 rings (SSSR count). The highest BCUT2D eigenvalue weighted by Crippen LogP contribution is 2.24. The van der Waals surface area contributed by atoms with Crippen LogP contribution in [0.1, 0.15) is 49.0 Å². The van der Waals surface area contributed by atoms with Gasteiger partial charge in [0.2, 0.25) is 10.0 Å². The average Bonchev–Trinajstić information content (AvgIpc) is 2.73. The molecule has 0 saturated carbocycles. The van der Waals surface area contributed by atoms with Crippen LogP contribution in [-0.4, -0.2) is 37.8 Å². The van der Waals surface area contributed by atoms with Gasteiger partial charge in [-0.1, -0.05) is 43.3 Å². The summed E-state index contributed by atoms with van der Waals surface area (Å²) in [4.78, 5) is 12.8. The number of carbonyl (C=O) groups excluding carboxylic acids is 1. The van der Waals surface area contributed by atoms with E-state index in [4.69, 9.17) is 0 Å². The summed E-state index contributed by atoms with van der Waals surface area (Å²) in [7, 11) is -3.56. The van der Waals surface area contributed by atoms with Crippen molar-refractivity contribution < 1.29 is 13.2 Å². The molecule has 1 amide bonds. The molecule has 1 aliphatic rings. The SMILES string of the molecule is CC1CCN(S(=O)(=O)c2cccc(C(=O)N[C@H](C)CCc3ccccc3)c2)CC1. The van der Waals surface area contributed by atoms with Crippen LogP contribution >= 0.6 is 0 Å². The molecule has 0 aliphatic carbocycles. The Hall–Kier alpha value is -2.18. The number of hydrogen-bond acceptors (Lipinski definition) is 3. The molecule has 0 spiro atoms. The van der Waals surface area contributed by atoms with Crippen molar-refractivity contribution in [2.24, 2.45) is 5.92 Å². The summed E-state index contributed by atoms with van der Waals surface area (Å²) in [5.74, 6) is 0.311. The minimum absolute atomic E-state index is 0.00782. The Labute approximate surface area is 174 Å². The van der Waals surface area contributed by atoms with E-state index in [1.807, 2.05) is 25.1 Å². The van der Waals surface area contributed by atoms with E-state index >= 15 is 0 Å². The lowest BCUT2D eigenvalue weighted by atomic mass is 10.0. The summed E-state index contributed by atoms with van der Waals surface area (Å²) in [5, 5.41) is 2.98. The smallest absolute Gasteiger partial charge is 0.251 e. The minimum Gasteiger partial charge on any atom is -0.350 e. The van der Waals surface area contributed by atoms with Crippen molar-refractivity contribution in [2.75, 3.05) is 13.1 Å². The standard InChI is InChI=1S/C23H30N2O3S/c1-18-13-15-25(16-14-18)29(27,28)22-10-6-9-21(17-22)23(26)24-19(2)11-12-20-7-4-3-5-8-20/h3-10,17-19H,11-16H2,1-2H3,(H,24,26)/t19-/m1/s1. The fourth-order valence-corrected chi connectivity index (χ4v) is 5.10. The van der Waals surface area contributed by atoms with Crippen molar-refractivity contribution in [1.82, 2.24) is 9.62 Å². The van der Waals surface area contributed by atoms with E-state index in [1.54, 1.807) is 18.2 Å². The number of carbonyl (C=O) groups is 1. The third kappa shape index (κ3) is 5.67. The van der Waals surface area contributed by atoms with Crippen molar-refractivity contribution in [3.63, 3.8) is 0 Å². The lowest BCUT2D eigenvalue weighted by Gasteiger charge is -2.29. The van der Waals surface area contributed by atoms with E-state index in [1.165, 1.54) is 15.9 Å². The highest BCUT2D eigenvalue weighted by atomic mass is 32.2. The number of rotatable bonds is 7. The van der Waals surface area contributed by atoms with E-state index in [2.05, 4.69) is 24.4 Å². The van der Waals surface area contributed by atoms with Gasteiger partial charge >= 0.3 is 0 Å². The van der Waals surface area contributed by atoms with Crippen LogP contribution in [0.5, 0.6) is 0 Å². The second kappa shape index (κ2) is 9.55. The van der Waals surface area contributed by atoms with Crippen molar-refractivity contribution in [3.8, 4) is 0 Å². The van der Waals surface area contributed by atoms with Crippen molar-refractivity contribution in [2.45, 2.75) is 50.5 Å². The van der Waals surface area contributed by atoms with Gasteiger partial charge in [-0.3, -0.25) is 4.79 Å². The van der Waals surface area contributed by atoms with Crippen LogP contribution in [0.25, 0.3) is 0 Å². The van der Waals surface area contributed by atoms with Crippen LogP contribution in [0, 0.1) is 5.92 Å². The van der Waals surface area contributed by atoms with E-state index < -0.39 is 10.0 Å². The minimum atomic E-state index is -3.56. The Balaban J connectivity index is 1.63. The van der Waals surface area contributed by atoms with Crippen LogP contribution in [0.3, 0.4) is 0 Å². The molecule has 1 heterocycles. The zero-order valence-electron chi connectivity index (χ0n) is 17.2. The highest BCUT2D eigenvalue weighted by molar-refractivity contribution is 7.89. The molecule has 156 valence electrons. The first-order valence-electron chi connectivity index (χ1n) is 10.3. The van der Waals surface area contributed by atoms with Crippen LogP contribution in [0.15, 0.2) is 59.5 Å². The van der Waals surface area contributed by atoms with Crippen molar-refractivity contribution in [3.05, 3.63) is 65.7 Å². The summed E-state index contributed by atoms with van der Waals surface area (Å²) in [6.45, 7) is 5.19. The second-order valence-electron chi connectivity index (χ2n) is 8.01. The quantitative estimate of drug-likeness (QED) is 0.748. The van der Waals surface area contributed by atoms with Gasteiger partial charge in [-0.25, -0.2) is 8.42 Å². The molecule has 1 atom stereocenters. The van der Waals surface area contributed by atoms with E-state index in [0.29, 0.717) is 24.6 Å². The molecule has 0 unspecified atom stereocenters. The zero-order chi connectivity index (χ0) is 20.9. The Bertz CT molecular complexity index is 920. The molecule has 1 saturated heterocycles. The molecule has 1 N–H and O–H groups in total. The largest absolute Gasteiger partial charge is 0.350 e. The van der Waals surface area contributed by atoms with Crippen LogP contribution in [-0.2, 0) is 16.4 Å². The van der Waals surface area contributed by atoms with Crippen LogP contribution < -0.4 is 5.32 Å². The number of nitrogens with one attached hydrogen (secondary N) is 1. The van der Waals surface area contributed by atoms with E-state index in [0.717, 1.165) is 25.7 Å². The predicted octanol–water partition coefficient (Wildman–Crippen LogP) is 3.86. The molecule has 0 bridgehead atoms. The van der Waals surface area contributed by atoms with Gasteiger partial charge in [0.1, 0.15) is 0 Å². The fourth-order valence-electron chi connectivity index (χ4n) is 3.58. The maximum atomic E-state index is 12.9. The molecule has 5 nitrogen and oxygen atoms in total. The number of hydrogen-bond donors (Lipinski definition) is 1. The molecule has 1 fully saturated rings. The number of piperidine rings is 1. The Morgan fingerprint density at radius 3 is 2.48 bits per heavy atom. The van der Waals surface area contributed by atoms with Crippen molar-refractivity contribution in [1.29, 1.82) is 0 Å². The average molecular weight is 415 g/mol. The van der Waals surface area contributed by atoms with E-state index in [-0.39, 0.29) is 16.8 Å². The van der Waals surface area contributed by atoms with E-state index in [9.17, 15) is 13.2 Å². The van der Waals surface area contributed by atoms with Gasteiger partial charge in [-0.15, -0.1) is 0 Å². The molecule has 1 aliphatic heterocycles. The zero-order valence-corrected chi connectivity index (χ0v) is 18.0. The highest BCUT2D eigenvalue weighted by Gasteiger charge is 2.28. The van der Waals surface area contributed by atoms with Gasteiger partial charge in [0.15, 0.2) is 0 Å². The number of nitrogens with zero attached hydrogens (tertiary/aromatic N) is 1. The summed E-state index contributed by atoms with van der Waals surface area (Å²) in [6, 6.07) is 16.5. The van der Waals surface area contributed by atoms with Crippen LogP contribution in [0.4, 0.5) is 0 Å². The maximum absolute atomic E-state index is 12.9. The lowest BCUT2D eigenvalue weighted by molar-refractivity contribution is 0.0938. The van der Waals surface area contributed by atoms with Crippen molar-refractivity contribution >= 4 is 15.9 Å². The molecule has 2 aromatic carbocycles. The number of aryl methyl sites for hydroxylation is 1. The Morgan fingerprint density at radius 2 is 1.79 bits per heavy atom. The van der Waals surface area contributed by atoms with Gasteiger partial charge in [0.05, 0.1) is 4.90 Å². The first-order chi connectivity index (χ1) is 13.9. The number of sulfonamides is 1. The molecule has 0 aromatic heterocycles. The van der Waals surface area contributed by atoms with Gasteiger partial charge in [-0.2, -0.15) is 4.31 Å². The normalized spacial score (nSPS) is 17.0. The topological polar surface area (TPSA) is 66.5 Å². The monoisotopic (exact) mass is 414 g/mol. The molecule has 6 heteroatoms. The van der Waals surface area contributed by atoms with Crippen LogP contribution in [0.2, 0.25) is 0 Å². The van der Waals surface area contributed by atoms with Gasteiger partial charge in [-0.05, 0) is 62.3 Å². The summed E-state index contributed by atoms with van der Waals surface area (Å²) in [5.41, 5.74) is 1.61. The summed E-state index contributed by atoms with van der Waals surface area (Å²) in [6.07, 6.45) is 3.44. The summed E-state index contributed by atoms with van der Waals surface area (Å²) >= 11 is 0. The fraction of sp³-hybridized carbons (Fsp3) is 0.435. The Morgan fingerprint density at radius 1 is 1.10 bits per heavy atom. The molecular weight excluding hydrogens is 384 g/mol. The van der Waals surface area contributed by atoms with Gasteiger partial charge < -0.3 is 5.32 Å². The first-order valence-corrected chi connectivity index (χ1v) is 11.8. The molecule has 29 heavy (non-hydrogen) atoms. The number of benzene rings is 2. The lowest BCUT2D eigenvalue weighted by Crippen LogP contribution is -2.38. The molecule has 0 radical (unpaired) electrons. The van der Waals surface area contributed by atoms with Gasteiger partial charge in [0.25, 0.3) is 5.91 Å². The first kappa shape index (κ1) is 21.5. The summed E-state index contributed by atoms with van der Waals surface area (Å²) < 4.78 is 27.4. The second-order valence-corrected chi connectivity index (χ2v) is 9.95. The molecule has 2 aromatic rings. The third-order valence-corrected chi connectivity index (χ3v) is 7.46. The predicted molar refractivity (Wildman–Crippen MR) is 115 cm³/mol. The maximum Gasteiger partial charge on any atom is 0.251 e. The number of amides is 1.